The fourth-order valence-electron chi connectivity index (χ4n) is 4.23. The van der Waals surface area contributed by atoms with E-state index in [4.69, 9.17) is 16.6 Å². The van der Waals surface area contributed by atoms with Crippen molar-refractivity contribution in [2.45, 2.75) is 38.4 Å². The van der Waals surface area contributed by atoms with E-state index in [1.807, 2.05) is 31.1 Å². The van der Waals surface area contributed by atoms with E-state index in [9.17, 15) is 18.0 Å². The Hall–Kier alpha value is -3.14. The minimum atomic E-state index is -4.55. The third kappa shape index (κ3) is 5.58. The molecule has 1 aromatic carbocycles. The maximum absolute atomic E-state index is 13.1. The van der Waals surface area contributed by atoms with Crippen molar-refractivity contribution >= 4 is 23.5 Å². The summed E-state index contributed by atoms with van der Waals surface area (Å²) < 4.78 is 40.1. The fraction of sp³-hybridized carbons (Fsp3) is 0.417. The summed E-state index contributed by atoms with van der Waals surface area (Å²) in [5, 5.41) is 4.22. The van der Waals surface area contributed by atoms with Crippen LogP contribution in [0.3, 0.4) is 0 Å². The average Bonchev–Trinajstić information content (AvgIpc) is 3.20. The molecule has 1 fully saturated rings. The van der Waals surface area contributed by atoms with E-state index in [2.05, 4.69) is 10.1 Å². The van der Waals surface area contributed by atoms with Gasteiger partial charge in [-0.15, -0.1) is 0 Å². The standard InChI is InChI=1S/C24H26ClF3N6O/c1-15-11-20(24(26,27)28)31-34(15)14-21(35)33-10-4-5-17(13-33)22-19(12-29-23(30-22)32(2)3)16-6-8-18(25)9-7-16/h6-9,11-12,17H,4-5,10,13-14H2,1-3H3/t17-/m1/s1. The lowest BCUT2D eigenvalue weighted by molar-refractivity contribution is -0.142. The number of alkyl halides is 3. The SMILES string of the molecule is Cc1cc(C(F)(F)F)nn1CC(=O)N1CCC[C@@H](c2nc(N(C)C)ncc2-c2ccc(Cl)cc2)C1. The van der Waals surface area contributed by atoms with Crippen LogP contribution >= 0.6 is 11.6 Å². The lowest BCUT2D eigenvalue weighted by Crippen LogP contribution is -2.41. The van der Waals surface area contributed by atoms with Crippen LogP contribution in [0.2, 0.25) is 5.02 Å². The van der Waals surface area contributed by atoms with Crippen molar-refractivity contribution < 1.29 is 18.0 Å². The third-order valence-corrected chi connectivity index (χ3v) is 6.33. The number of carbonyl (C=O) groups excluding carboxylic acids is 1. The van der Waals surface area contributed by atoms with E-state index in [-0.39, 0.29) is 24.1 Å². The lowest BCUT2D eigenvalue weighted by Gasteiger charge is -2.33. The molecule has 1 amide bonds. The number of anilines is 1. The van der Waals surface area contributed by atoms with Crippen LogP contribution in [0.5, 0.6) is 0 Å². The van der Waals surface area contributed by atoms with E-state index in [0.717, 1.165) is 40.4 Å². The normalized spacial score (nSPS) is 16.4. The van der Waals surface area contributed by atoms with Crippen molar-refractivity contribution in [2.75, 3.05) is 32.1 Å². The van der Waals surface area contributed by atoms with Gasteiger partial charge in [-0.3, -0.25) is 9.48 Å². The summed E-state index contributed by atoms with van der Waals surface area (Å²) in [6, 6.07) is 8.38. The molecule has 0 aliphatic carbocycles. The molecule has 2 aromatic heterocycles. The second kappa shape index (κ2) is 9.85. The number of hydrogen-bond donors (Lipinski definition) is 0. The smallest absolute Gasteiger partial charge is 0.347 e. The van der Waals surface area contributed by atoms with Crippen LogP contribution in [0.1, 0.15) is 35.8 Å². The molecule has 0 radical (unpaired) electrons. The highest BCUT2D eigenvalue weighted by atomic mass is 35.5. The Morgan fingerprint density at radius 3 is 2.57 bits per heavy atom. The first-order valence-electron chi connectivity index (χ1n) is 11.2. The monoisotopic (exact) mass is 506 g/mol. The molecule has 1 aliphatic heterocycles. The Morgan fingerprint density at radius 2 is 1.94 bits per heavy atom. The number of aromatic nitrogens is 4. The van der Waals surface area contributed by atoms with Gasteiger partial charge in [0.1, 0.15) is 6.54 Å². The van der Waals surface area contributed by atoms with Gasteiger partial charge in [-0.2, -0.15) is 18.3 Å². The van der Waals surface area contributed by atoms with Crippen molar-refractivity contribution in [1.82, 2.24) is 24.6 Å². The zero-order valence-corrected chi connectivity index (χ0v) is 20.4. The average molecular weight is 507 g/mol. The first-order chi connectivity index (χ1) is 16.5. The number of benzene rings is 1. The summed E-state index contributed by atoms with van der Waals surface area (Å²) in [5.41, 5.74) is 1.91. The topological polar surface area (TPSA) is 67.2 Å². The van der Waals surface area contributed by atoms with Crippen molar-refractivity contribution in [3.63, 3.8) is 0 Å². The highest BCUT2D eigenvalue weighted by molar-refractivity contribution is 6.30. The summed E-state index contributed by atoms with van der Waals surface area (Å²) in [7, 11) is 3.72. The first-order valence-corrected chi connectivity index (χ1v) is 11.6. The fourth-order valence-corrected chi connectivity index (χ4v) is 4.35. The van der Waals surface area contributed by atoms with Gasteiger partial charge in [0.2, 0.25) is 11.9 Å². The molecule has 4 rings (SSSR count). The molecule has 3 heterocycles. The molecule has 1 aliphatic rings. The Kier molecular flexibility index (Phi) is 7.02. The van der Waals surface area contributed by atoms with Gasteiger partial charge in [0.05, 0.1) is 5.69 Å². The van der Waals surface area contributed by atoms with Crippen LogP contribution < -0.4 is 4.90 Å². The molecule has 0 N–H and O–H groups in total. The van der Waals surface area contributed by atoms with Gasteiger partial charge in [-0.05, 0) is 43.5 Å². The van der Waals surface area contributed by atoms with Gasteiger partial charge in [-0.25, -0.2) is 9.97 Å². The Morgan fingerprint density at radius 1 is 1.23 bits per heavy atom. The molecule has 35 heavy (non-hydrogen) atoms. The molecule has 3 aromatic rings. The van der Waals surface area contributed by atoms with E-state index in [1.54, 1.807) is 23.2 Å². The van der Waals surface area contributed by atoms with Crippen LogP contribution in [0.4, 0.5) is 19.1 Å². The molecule has 1 saturated heterocycles. The number of piperidine rings is 1. The van der Waals surface area contributed by atoms with Crippen molar-refractivity contribution in [3.8, 4) is 11.1 Å². The first kappa shape index (κ1) is 25.0. The minimum Gasteiger partial charge on any atom is -0.347 e. The number of halogens is 4. The molecule has 186 valence electrons. The molecule has 0 bridgehead atoms. The largest absolute Gasteiger partial charge is 0.435 e. The zero-order valence-electron chi connectivity index (χ0n) is 19.7. The number of hydrogen-bond acceptors (Lipinski definition) is 5. The van der Waals surface area contributed by atoms with Gasteiger partial charge in [-0.1, -0.05) is 23.7 Å². The Bertz CT molecular complexity index is 1210. The predicted octanol–water partition coefficient (Wildman–Crippen LogP) is 4.79. The van der Waals surface area contributed by atoms with Gasteiger partial charge < -0.3 is 9.80 Å². The summed E-state index contributed by atoms with van der Waals surface area (Å²) in [5.74, 6) is 0.238. The van der Waals surface area contributed by atoms with Gasteiger partial charge in [0.15, 0.2) is 5.69 Å². The number of likely N-dealkylation sites (tertiary alicyclic amines) is 1. The van der Waals surface area contributed by atoms with Gasteiger partial charge >= 0.3 is 6.18 Å². The van der Waals surface area contributed by atoms with E-state index in [0.29, 0.717) is 24.1 Å². The lowest BCUT2D eigenvalue weighted by atomic mass is 9.90. The Labute approximate surface area is 206 Å². The summed E-state index contributed by atoms with van der Waals surface area (Å²) >= 11 is 6.06. The van der Waals surface area contributed by atoms with E-state index < -0.39 is 11.9 Å². The Balaban J connectivity index is 1.59. The molecule has 1 atom stereocenters. The number of carbonyl (C=O) groups is 1. The second-order valence-electron chi connectivity index (χ2n) is 8.88. The van der Waals surface area contributed by atoms with E-state index >= 15 is 0 Å². The maximum Gasteiger partial charge on any atom is 0.435 e. The van der Waals surface area contributed by atoms with Crippen LogP contribution in [-0.4, -0.2) is 57.7 Å². The molecular formula is C24H26ClF3N6O. The van der Waals surface area contributed by atoms with Crippen molar-refractivity contribution in [1.29, 1.82) is 0 Å². The summed E-state index contributed by atoms with van der Waals surface area (Å²) in [6.45, 7) is 2.21. The number of nitrogens with zero attached hydrogens (tertiary/aromatic N) is 6. The summed E-state index contributed by atoms with van der Waals surface area (Å²) in [4.78, 5) is 25.8. The molecule has 7 nitrogen and oxygen atoms in total. The van der Waals surface area contributed by atoms with Crippen molar-refractivity contribution in [2.24, 2.45) is 0 Å². The predicted molar refractivity (Wildman–Crippen MR) is 127 cm³/mol. The highest BCUT2D eigenvalue weighted by Gasteiger charge is 2.35. The molecule has 0 saturated carbocycles. The summed E-state index contributed by atoms with van der Waals surface area (Å²) in [6.07, 6.45) is -1.19. The molecule has 0 unspecified atom stereocenters. The third-order valence-electron chi connectivity index (χ3n) is 6.08. The maximum atomic E-state index is 13.1. The van der Waals surface area contributed by atoms with Crippen LogP contribution in [0.15, 0.2) is 36.5 Å². The van der Waals surface area contributed by atoms with Crippen molar-refractivity contribution in [3.05, 3.63) is 58.6 Å². The molecule has 11 heteroatoms. The minimum absolute atomic E-state index is 0.0514. The number of aryl methyl sites for hydroxylation is 1. The van der Waals surface area contributed by atoms with Crippen LogP contribution in [0.25, 0.3) is 11.1 Å². The molecular weight excluding hydrogens is 481 g/mol. The van der Waals surface area contributed by atoms with E-state index in [1.165, 1.54) is 6.92 Å². The number of amides is 1. The molecule has 0 spiro atoms. The number of rotatable bonds is 5. The van der Waals surface area contributed by atoms with Crippen LogP contribution in [-0.2, 0) is 17.5 Å². The highest BCUT2D eigenvalue weighted by Crippen LogP contribution is 2.34. The van der Waals surface area contributed by atoms with Gasteiger partial charge in [0, 0.05) is 55.6 Å². The van der Waals surface area contributed by atoms with Gasteiger partial charge in [0.25, 0.3) is 0 Å². The quantitative estimate of drug-likeness (QED) is 0.497. The second-order valence-corrected chi connectivity index (χ2v) is 9.31. The zero-order chi connectivity index (χ0) is 25.3. The van der Waals surface area contributed by atoms with Crippen LogP contribution in [0, 0.1) is 6.92 Å².